The molecule has 4 N–H and O–H groups in total. The Bertz CT molecular complexity index is 41.5. The molecule has 0 aromatic rings. The van der Waals surface area contributed by atoms with Gasteiger partial charge in [0.15, 0.2) is 0 Å². The largest absolute Gasteiger partial charge is 2.00 e. The van der Waals surface area contributed by atoms with Gasteiger partial charge in [0.2, 0.25) is 0 Å². The zero-order chi connectivity index (χ0) is 2.71. The van der Waals surface area contributed by atoms with E-state index in [1.165, 1.54) is 5.40 Å². The van der Waals surface area contributed by atoms with Crippen LogP contribution in [0.3, 0.4) is 0 Å². The monoisotopic (exact) mass is 235 g/mol. The number of nitrogens with zero attached hydrogens (tertiary/aromatic N) is 1. The summed E-state index contributed by atoms with van der Waals surface area (Å²) in [5, 5.41) is 8.63. The summed E-state index contributed by atoms with van der Waals surface area (Å²) < 4.78 is 0. The zero-order valence-corrected chi connectivity index (χ0v) is 8.44. The Kier molecular flexibility index (Phi) is 146. The maximum absolute atomic E-state index is 7.18. The Labute approximate surface area is 84.8 Å². The minimum atomic E-state index is 0. The van der Waals surface area contributed by atoms with Crippen molar-refractivity contribution >= 4 is 61.5 Å². The van der Waals surface area contributed by atoms with Crippen LogP contribution in [-0.4, -0.2) is 59.8 Å². The number of thiocyanates is 1. The molecule has 0 saturated carbocycles. The van der Waals surface area contributed by atoms with Crippen molar-refractivity contribution < 1.29 is 13.8 Å². The molecule has 0 aliphatic rings. The molecule has 5 heteroatoms. The quantitative estimate of drug-likeness (QED) is 0.312. The molecule has 0 bridgehead atoms. The molecule has 0 aliphatic heterocycles. The predicted molar refractivity (Wildman–Crippen MR) is 29.8 cm³/mol. The first-order valence-corrected chi connectivity index (χ1v) is 0.894. The van der Waals surface area contributed by atoms with E-state index in [1.807, 2.05) is 0 Å². The summed E-state index contributed by atoms with van der Waals surface area (Å²) in [6, 6.07) is 0. The van der Waals surface area contributed by atoms with Gasteiger partial charge in [0, 0.05) is 0 Å². The van der Waals surface area contributed by atoms with E-state index in [0.29, 0.717) is 0 Å². The summed E-state index contributed by atoms with van der Waals surface area (Å²) in [4.78, 5) is 0. The van der Waals surface area contributed by atoms with Gasteiger partial charge in [-0.05, 0) is 0 Å². The van der Waals surface area contributed by atoms with Gasteiger partial charge in [-0.1, -0.05) is 12.6 Å². The third-order valence-electron chi connectivity index (χ3n) is 0. The second kappa shape index (κ2) is 33.1. The maximum Gasteiger partial charge on any atom is 2.00 e. The second-order valence-corrected chi connectivity index (χ2v) is 0.300. The third-order valence-corrected chi connectivity index (χ3v) is 0. The number of rotatable bonds is 0. The van der Waals surface area contributed by atoms with Gasteiger partial charge in [-0.2, -0.15) is 5.26 Å². The summed E-state index contributed by atoms with van der Waals surface area (Å²) >= 11 is 3.09. The van der Waals surface area contributed by atoms with Crippen LogP contribution in [0.1, 0.15) is 2.85 Å². The first-order valence-electron chi connectivity index (χ1n) is 0.447. The van der Waals surface area contributed by atoms with Crippen LogP contribution in [0.4, 0.5) is 0 Å². The molecule has 0 rings (SSSR count). The standard InChI is InChI=1S/CHNS.Ba.2H2O.2H/c2-1-3;;;;;/h3H;;2*1H2;;/q;+2;;;2*-1. The molecule has 0 fully saturated rings. The van der Waals surface area contributed by atoms with Crippen LogP contribution in [0.2, 0.25) is 0 Å². The third kappa shape index (κ3) is 56.4. The van der Waals surface area contributed by atoms with Crippen LogP contribution in [0.15, 0.2) is 0 Å². The topological polar surface area (TPSA) is 86.8 Å². The molecule has 0 radical (unpaired) electrons. The molecular formula is CH7BaNO2S. The van der Waals surface area contributed by atoms with E-state index in [2.05, 4.69) is 12.6 Å². The Morgan fingerprint density at radius 3 is 1.50 bits per heavy atom. The van der Waals surface area contributed by atoms with E-state index in [9.17, 15) is 0 Å². The van der Waals surface area contributed by atoms with Crippen molar-refractivity contribution in [3.8, 4) is 5.40 Å². The van der Waals surface area contributed by atoms with Crippen LogP contribution < -0.4 is 0 Å². The Morgan fingerprint density at radius 2 is 1.50 bits per heavy atom. The van der Waals surface area contributed by atoms with Crippen molar-refractivity contribution in [1.29, 1.82) is 5.26 Å². The molecule has 0 atom stereocenters. The number of hydrogen-bond acceptors (Lipinski definition) is 2. The fraction of sp³-hybridized carbons (Fsp3) is 0. The summed E-state index contributed by atoms with van der Waals surface area (Å²) in [5.74, 6) is 0. The van der Waals surface area contributed by atoms with Gasteiger partial charge in [0.05, 0.1) is 0 Å². The fourth-order valence-electron chi connectivity index (χ4n) is 0. The van der Waals surface area contributed by atoms with Crippen molar-refractivity contribution in [1.82, 2.24) is 0 Å². The molecule has 3 nitrogen and oxygen atoms in total. The van der Waals surface area contributed by atoms with Gasteiger partial charge in [0.1, 0.15) is 5.40 Å². The van der Waals surface area contributed by atoms with Crippen molar-refractivity contribution in [3.63, 3.8) is 0 Å². The molecule has 0 aromatic heterocycles. The number of nitriles is 1. The molecular weight excluding hydrogens is 227 g/mol. The molecule has 36 valence electrons. The molecule has 0 heterocycles. The number of thiol groups is 1. The Morgan fingerprint density at radius 1 is 1.50 bits per heavy atom. The Balaban J connectivity index is -0.00000000200. The van der Waals surface area contributed by atoms with Gasteiger partial charge in [-0.25, -0.2) is 0 Å². The van der Waals surface area contributed by atoms with Gasteiger partial charge in [-0.15, -0.1) is 0 Å². The van der Waals surface area contributed by atoms with Crippen molar-refractivity contribution in [3.05, 3.63) is 0 Å². The van der Waals surface area contributed by atoms with Gasteiger partial charge in [-0.3, -0.25) is 0 Å². The van der Waals surface area contributed by atoms with Crippen LogP contribution in [0.25, 0.3) is 0 Å². The maximum atomic E-state index is 7.18. The zero-order valence-electron chi connectivity index (χ0n) is 5.10. The second-order valence-electron chi connectivity index (χ2n) is 0.100. The molecule has 6 heavy (non-hydrogen) atoms. The fourth-order valence-corrected chi connectivity index (χ4v) is 0. The van der Waals surface area contributed by atoms with Crippen LogP contribution in [0, 0.1) is 10.7 Å². The molecule has 0 aliphatic carbocycles. The van der Waals surface area contributed by atoms with Crippen molar-refractivity contribution in [2.45, 2.75) is 0 Å². The van der Waals surface area contributed by atoms with Crippen molar-refractivity contribution in [2.75, 3.05) is 0 Å². The Hall–Kier alpha value is 1.33. The van der Waals surface area contributed by atoms with E-state index in [1.54, 1.807) is 0 Å². The molecule has 0 unspecified atom stereocenters. The molecule has 0 amide bonds. The summed E-state index contributed by atoms with van der Waals surface area (Å²) in [6.07, 6.45) is 0. The molecule has 0 aromatic carbocycles. The first-order chi connectivity index (χ1) is 1.41. The first kappa shape index (κ1) is 26.5. The van der Waals surface area contributed by atoms with Gasteiger partial charge < -0.3 is 13.8 Å². The van der Waals surface area contributed by atoms with Crippen LogP contribution in [-0.2, 0) is 0 Å². The summed E-state index contributed by atoms with van der Waals surface area (Å²) in [5.41, 5.74) is 0. The van der Waals surface area contributed by atoms with E-state index >= 15 is 0 Å². The normalized spacial score (nSPS) is 1.33. The van der Waals surface area contributed by atoms with Gasteiger partial charge in [0.25, 0.3) is 0 Å². The SMILES string of the molecule is N#CS.O.O.[Ba+2].[H-].[H-]. The van der Waals surface area contributed by atoms with Crippen molar-refractivity contribution in [2.24, 2.45) is 0 Å². The van der Waals surface area contributed by atoms with E-state index in [-0.39, 0.29) is 62.7 Å². The summed E-state index contributed by atoms with van der Waals surface area (Å²) in [7, 11) is 0. The van der Waals surface area contributed by atoms with Crippen LogP contribution in [0.5, 0.6) is 0 Å². The van der Waals surface area contributed by atoms with E-state index in [0.717, 1.165) is 0 Å². The smallest absolute Gasteiger partial charge is 1.00 e. The summed E-state index contributed by atoms with van der Waals surface area (Å²) in [6.45, 7) is 0. The number of hydrogen-bond donors (Lipinski definition) is 1. The average Bonchev–Trinajstić information content (AvgIpc) is 0.918. The minimum Gasteiger partial charge on any atom is -1.00 e. The molecule has 0 spiro atoms. The van der Waals surface area contributed by atoms with E-state index < -0.39 is 0 Å². The van der Waals surface area contributed by atoms with E-state index in [4.69, 9.17) is 5.26 Å². The van der Waals surface area contributed by atoms with Crippen LogP contribution >= 0.6 is 12.6 Å². The minimum absolute atomic E-state index is 0. The molecule has 0 saturated heterocycles. The predicted octanol–water partition coefficient (Wildman–Crippen LogP) is -1.41. The average molecular weight is 234 g/mol. The van der Waals surface area contributed by atoms with Gasteiger partial charge >= 0.3 is 48.9 Å².